The molecule has 23 heavy (non-hydrogen) atoms. The molecule has 3 rings (SSSR count). The molecule has 2 heterocycles. The minimum absolute atomic E-state index is 0.0753. The van der Waals surface area contributed by atoms with Crippen LogP contribution < -0.4 is 4.90 Å². The molecule has 1 aromatic carbocycles. The molecule has 120 valence electrons. The van der Waals surface area contributed by atoms with E-state index in [2.05, 4.69) is 27.1 Å². The predicted octanol–water partition coefficient (Wildman–Crippen LogP) is 3.08. The molecule has 0 amide bonds. The van der Waals surface area contributed by atoms with Gasteiger partial charge in [0, 0.05) is 20.1 Å². The maximum absolute atomic E-state index is 14.7. The highest BCUT2D eigenvalue weighted by Crippen LogP contribution is 2.42. The van der Waals surface area contributed by atoms with Crippen molar-refractivity contribution in [1.82, 2.24) is 9.78 Å². The van der Waals surface area contributed by atoms with Gasteiger partial charge in [-0.3, -0.25) is 4.68 Å². The topological polar surface area (TPSA) is 65.1 Å². The van der Waals surface area contributed by atoms with Crippen LogP contribution in [0.4, 0.5) is 10.1 Å². The molecule has 0 unspecified atom stereocenters. The zero-order chi connectivity index (χ0) is 16.9. The van der Waals surface area contributed by atoms with E-state index in [4.69, 9.17) is 11.6 Å². The summed E-state index contributed by atoms with van der Waals surface area (Å²) in [5.74, 6) is -0.663. The summed E-state index contributed by atoms with van der Waals surface area (Å²) in [5, 5.41) is 23.5. The summed E-state index contributed by atoms with van der Waals surface area (Å²) in [5.41, 5.74) is 0.407. The maximum atomic E-state index is 14.7. The van der Waals surface area contributed by atoms with Gasteiger partial charge in [0.2, 0.25) is 0 Å². The molecule has 0 atom stereocenters. The summed E-state index contributed by atoms with van der Waals surface area (Å²) in [6, 6.07) is 3.50. The fraction of sp³-hybridized carbons (Fsp3) is 0.333. The molecule has 0 aliphatic carbocycles. The molecular formula is C15H13BrClFN4O. The second-order valence-corrected chi connectivity index (χ2v) is 7.13. The molecule has 0 saturated carbocycles. The van der Waals surface area contributed by atoms with Crippen LogP contribution in [0.15, 0.2) is 16.7 Å². The first-order chi connectivity index (χ1) is 10.7. The van der Waals surface area contributed by atoms with Gasteiger partial charge in [-0.2, -0.15) is 10.4 Å². The minimum Gasteiger partial charge on any atom is -0.386 e. The van der Waals surface area contributed by atoms with Crippen molar-refractivity contribution in [3.63, 3.8) is 0 Å². The Morgan fingerprint density at radius 1 is 1.52 bits per heavy atom. The van der Waals surface area contributed by atoms with Gasteiger partial charge < -0.3 is 10.0 Å². The van der Waals surface area contributed by atoms with E-state index in [9.17, 15) is 14.8 Å². The highest BCUT2D eigenvalue weighted by molar-refractivity contribution is 9.10. The third-order valence-electron chi connectivity index (χ3n) is 3.85. The summed E-state index contributed by atoms with van der Waals surface area (Å²) in [7, 11) is 1.66. The Morgan fingerprint density at radius 2 is 2.17 bits per heavy atom. The Morgan fingerprint density at radius 3 is 2.65 bits per heavy atom. The van der Waals surface area contributed by atoms with Gasteiger partial charge >= 0.3 is 0 Å². The van der Waals surface area contributed by atoms with Crippen molar-refractivity contribution in [3.05, 3.63) is 33.1 Å². The number of nitriles is 1. The number of nitrogens with zero attached hydrogens (tertiary/aromatic N) is 4. The predicted molar refractivity (Wildman–Crippen MR) is 88.9 cm³/mol. The molecule has 0 spiro atoms. The van der Waals surface area contributed by atoms with E-state index in [1.165, 1.54) is 16.9 Å². The van der Waals surface area contributed by atoms with Crippen LogP contribution in [-0.2, 0) is 7.05 Å². The molecule has 1 aromatic heterocycles. The average Bonchev–Trinajstić information content (AvgIpc) is 2.78. The molecule has 1 aliphatic rings. The Balaban J connectivity index is 2.24. The maximum Gasteiger partial charge on any atom is 0.152 e. The van der Waals surface area contributed by atoms with Gasteiger partial charge in [-0.15, -0.1) is 0 Å². The average molecular weight is 400 g/mol. The Hall–Kier alpha value is -1.62. The molecule has 0 radical (unpaired) electrons. The van der Waals surface area contributed by atoms with Crippen LogP contribution in [0.3, 0.4) is 0 Å². The van der Waals surface area contributed by atoms with Gasteiger partial charge in [-0.05, 0) is 28.9 Å². The lowest BCUT2D eigenvalue weighted by atomic mass is 9.93. The monoisotopic (exact) mass is 398 g/mol. The van der Waals surface area contributed by atoms with Crippen LogP contribution in [-0.4, -0.2) is 33.6 Å². The fourth-order valence-corrected chi connectivity index (χ4v) is 3.58. The van der Waals surface area contributed by atoms with Crippen LogP contribution in [0.5, 0.6) is 0 Å². The zero-order valence-electron chi connectivity index (χ0n) is 12.4. The van der Waals surface area contributed by atoms with E-state index in [0.29, 0.717) is 28.9 Å². The first-order valence-electron chi connectivity index (χ1n) is 6.82. The first kappa shape index (κ1) is 16.2. The highest BCUT2D eigenvalue weighted by atomic mass is 79.9. The van der Waals surface area contributed by atoms with E-state index in [0.717, 1.165) is 0 Å². The quantitative estimate of drug-likeness (QED) is 0.843. The standard InChI is InChI=1S/C15H13BrClFN4O/c1-15(23)6-22(7-15)11-3-10(17)13(18)12(8(11)4-19)14-9(16)5-20-21(14)2/h3,5,23H,6-7H2,1-2H3. The van der Waals surface area contributed by atoms with Crippen molar-refractivity contribution < 1.29 is 9.50 Å². The number of hydrogen-bond acceptors (Lipinski definition) is 4. The van der Waals surface area contributed by atoms with E-state index >= 15 is 0 Å². The van der Waals surface area contributed by atoms with Crippen molar-refractivity contribution in [2.75, 3.05) is 18.0 Å². The number of halogens is 3. The van der Waals surface area contributed by atoms with Gasteiger partial charge in [0.25, 0.3) is 0 Å². The van der Waals surface area contributed by atoms with E-state index in [-0.39, 0.29) is 16.1 Å². The summed E-state index contributed by atoms with van der Waals surface area (Å²) in [4.78, 5) is 1.80. The second kappa shape index (κ2) is 5.48. The lowest BCUT2D eigenvalue weighted by Crippen LogP contribution is -2.60. The van der Waals surface area contributed by atoms with E-state index in [1.807, 2.05) is 0 Å². The molecule has 1 N–H and O–H groups in total. The largest absolute Gasteiger partial charge is 0.386 e. The van der Waals surface area contributed by atoms with Crippen molar-refractivity contribution in [2.24, 2.45) is 7.05 Å². The number of aryl methyl sites for hydroxylation is 1. The number of benzene rings is 1. The van der Waals surface area contributed by atoms with Gasteiger partial charge in [-0.1, -0.05) is 11.6 Å². The SMILES string of the molecule is Cn1ncc(Br)c1-c1c(F)c(Cl)cc(N2CC(C)(O)C2)c1C#N. The zero-order valence-corrected chi connectivity index (χ0v) is 14.8. The number of anilines is 1. The summed E-state index contributed by atoms with van der Waals surface area (Å²) in [6.07, 6.45) is 1.53. The van der Waals surface area contributed by atoms with Crippen molar-refractivity contribution in [1.29, 1.82) is 5.26 Å². The van der Waals surface area contributed by atoms with Gasteiger partial charge in [0.15, 0.2) is 5.82 Å². The third-order valence-corrected chi connectivity index (χ3v) is 4.70. The Kier molecular flexibility index (Phi) is 3.87. The summed E-state index contributed by atoms with van der Waals surface area (Å²) >= 11 is 9.38. The van der Waals surface area contributed by atoms with Crippen LogP contribution in [0.1, 0.15) is 12.5 Å². The normalized spacial score (nSPS) is 16.1. The van der Waals surface area contributed by atoms with Crippen molar-refractivity contribution in [2.45, 2.75) is 12.5 Å². The summed E-state index contributed by atoms with van der Waals surface area (Å²) < 4.78 is 16.7. The Labute approximate surface area is 146 Å². The molecule has 8 heteroatoms. The molecule has 0 bridgehead atoms. The molecule has 1 fully saturated rings. The van der Waals surface area contributed by atoms with Crippen LogP contribution in [0.25, 0.3) is 11.3 Å². The third kappa shape index (κ3) is 2.61. The van der Waals surface area contributed by atoms with Crippen LogP contribution >= 0.6 is 27.5 Å². The van der Waals surface area contributed by atoms with Gasteiger partial charge in [0.1, 0.15) is 6.07 Å². The molecular weight excluding hydrogens is 387 g/mol. The molecule has 1 aliphatic heterocycles. The molecule has 2 aromatic rings. The minimum atomic E-state index is -0.819. The Bertz CT molecular complexity index is 815. The lowest BCUT2D eigenvalue weighted by molar-refractivity contribution is 0.0310. The number of aromatic nitrogens is 2. The number of hydrogen-bond donors (Lipinski definition) is 1. The first-order valence-corrected chi connectivity index (χ1v) is 7.99. The highest BCUT2D eigenvalue weighted by Gasteiger charge is 2.39. The number of β-amino-alcohol motifs (C(OH)–C–C–N with tert-alkyl or cyclic N) is 1. The van der Waals surface area contributed by atoms with E-state index < -0.39 is 11.4 Å². The number of rotatable bonds is 2. The molecule has 1 saturated heterocycles. The van der Waals surface area contributed by atoms with Crippen molar-refractivity contribution in [3.8, 4) is 17.3 Å². The molecule has 5 nitrogen and oxygen atoms in total. The van der Waals surface area contributed by atoms with Crippen LogP contribution in [0, 0.1) is 17.1 Å². The van der Waals surface area contributed by atoms with Crippen LogP contribution in [0.2, 0.25) is 5.02 Å². The van der Waals surface area contributed by atoms with Crippen molar-refractivity contribution >= 4 is 33.2 Å². The summed E-state index contributed by atoms with van der Waals surface area (Å²) in [6.45, 7) is 2.42. The van der Waals surface area contributed by atoms with E-state index in [1.54, 1.807) is 18.9 Å². The van der Waals surface area contributed by atoms with Gasteiger partial charge in [-0.25, -0.2) is 4.39 Å². The second-order valence-electron chi connectivity index (χ2n) is 5.87. The number of aliphatic hydroxyl groups is 1. The van der Waals surface area contributed by atoms with Gasteiger partial charge in [0.05, 0.1) is 43.8 Å². The lowest BCUT2D eigenvalue weighted by Gasteiger charge is -2.46. The fourth-order valence-electron chi connectivity index (χ4n) is 2.84. The smallest absolute Gasteiger partial charge is 0.152 e.